The topological polar surface area (TPSA) is 32.3 Å². The summed E-state index contributed by atoms with van der Waals surface area (Å²) in [7, 11) is 1.85. The van der Waals surface area contributed by atoms with Crippen LogP contribution in [0, 0.1) is 0 Å². The Morgan fingerprint density at radius 3 is 3.07 bits per heavy atom. The number of rotatable bonds is 3. The van der Waals surface area contributed by atoms with E-state index in [4.69, 9.17) is 11.6 Å². The molecular formula is C10H17ClN2O. The maximum atomic E-state index is 11.2. The van der Waals surface area contributed by atoms with Crippen molar-refractivity contribution in [2.45, 2.75) is 25.8 Å². The predicted molar refractivity (Wildman–Crippen MR) is 58.3 cm³/mol. The Morgan fingerprint density at radius 1 is 1.79 bits per heavy atom. The van der Waals surface area contributed by atoms with Gasteiger partial charge in [0.2, 0.25) is 5.91 Å². The van der Waals surface area contributed by atoms with Crippen LogP contribution in [0.4, 0.5) is 0 Å². The molecule has 14 heavy (non-hydrogen) atoms. The van der Waals surface area contributed by atoms with Crippen molar-refractivity contribution in [2.75, 3.05) is 20.1 Å². The molecule has 1 rings (SSSR count). The first kappa shape index (κ1) is 11.5. The molecule has 0 aromatic heterocycles. The zero-order valence-corrected chi connectivity index (χ0v) is 9.47. The Labute approximate surface area is 90.1 Å². The van der Waals surface area contributed by atoms with Gasteiger partial charge in [-0.1, -0.05) is 11.6 Å². The van der Waals surface area contributed by atoms with Gasteiger partial charge in [-0.25, -0.2) is 0 Å². The maximum absolute atomic E-state index is 11.2. The first-order chi connectivity index (χ1) is 6.63. The molecule has 0 radical (unpaired) electrons. The average Bonchev–Trinajstić information content (AvgIpc) is 2.19. The van der Waals surface area contributed by atoms with Crippen molar-refractivity contribution in [1.82, 2.24) is 10.2 Å². The van der Waals surface area contributed by atoms with Gasteiger partial charge in [0.15, 0.2) is 0 Å². The van der Waals surface area contributed by atoms with E-state index >= 15 is 0 Å². The van der Waals surface area contributed by atoms with Crippen LogP contribution in [0.1, 0.15) is 19.8 Å². The summed E-state index contributed by atoms with van der Waals surface area (Å²) in [6.45, 7) is 3.59. The molecule has 0 spiro atoms. The lowest BCUT2D eigenvalue weighted by Crippen LogP contribution is -2.46. The second-order valence-corrected chi connectivity index (χ2v) is 4.06. The summed E-state index contributed by atoms with van der Waals surface area (Å²) in [4.78, 5) is 13.0. The van der Waals surface area contributed by atoms with E-state index in [-0.39, 0.29) is 5.91 Å². The van der Waals surface area contributed by atoms with Gasteiger partial charge in [0.05, 0.1) is 0 Å². The third kappa shape index (κ3) is 3.31. The third-order valence-electron chi connectivity index (χ3n) is 2.48. The van der Waals surface area contributed by atoms with Crippen molar-refractivity contribution in [3.8, 4) is 0 Å². The van der Waals surface area contributed by atoms with Gasteiger partial charge in [-0.3, -0.25) is 4.79 Å². The zero-order chi connectivity index (χ0) is 10.6. The van der Waals surface area contributed by atoms with Crippen LogP contribution >= 0.6 is 11.6 Å². The molecule has 0 aliphatic carbocycles. The van der Waals surface area contributed by atoms with Crippen LogP contribution in [0.2, 0.25) is 0 Å². The van der Waals surface area contributed by atoms with Crippen molar-refractivity contribution in [3.05, 3.63) is 11.1 Å². The smallest absolute Gasteiger partial charge is 0.222 e. The number of nitrogens with zero attached hydrogens (tertiary/aromatic N) is 1. The highest BCUT2D eigenvalue weighted by atomic mass is 35.5. The number of carbonyl (C=O) groups is 1. The van der Waals surface area contributed by atoms with E-state index < -0.39 is 0 Å². The number of hydrogen-bond donors (Lipinski definition) is 1. The maximum Gasteiger partial charge on any atom is 0.222 e. The molecule has 1 atom stereocenters. The van der Waals surface area contributed by atoms with Crippen LogP contribution in [0.25, 0.3) is 0 Å². The molecule has 1 saturated heterocycles. The van der Waals surface area contributed by atoms with E-state index in [0.29, 0.717) is 12.5 Å². The summed E-state index contributed by atoms with van der Waals surface area (Å²) < 4.78 is 0. The fraction of sp³-hybridized carbons (Fsp3) is 0.700. The molecule has 3 nitrogen and oxygen atoms in total. The van der Waals surface area contributed by atoms with Gasteiger partial charge in [0.1, 0.15) is 0 Å². The number of piperidine rings is 1. The Hall–Kier alpha value is -0.540. The van der Waals surface area contributed by atoms with E-state index in [1.54, 1.807) is 10.4 Å². The van der Waals surface area contributed by atoms with Gasteiger partial charge in [0.25, 0.3) is 0 Å². The second-order valence-electron chi connectivity index (χ2n) is 3.85. The second kappa shape index (κ2) is 5.37. The molecule has 1 N–H and O–H groups in total. The van der Waals surface area contributed by atoms with Crippen LogP contribution < -0.4 is 5.32 Å². The molecule has 1 amide bonds. The Morgan fingerprint density at radius 2 is 2.50 bits per heavy atom. The first-order valence-electron chi connectivity index (χ1n) is 4.86. The van der Waals surface area contributed by atoms with E-state index in [1.165, 1.54) is 0 Å². The van der Waals surface area contributed by atoms with E-state index in [2.05, 4.69) is 5.32 Å². The quantitative estimate of drug-likeness (QED) is 0.772. The Bertz CT molecular complexity index is 240. The largest absolute Gasteiger partial charge is 0.344 e. The minimum absolute atomic E-state index is 0.243. The number of likely N-dealkylation sites (N-methyl/N-ethyl adjacent to an activating group) is 1. The fourth-order valence-corrected chi connectivity index (χ4v) is 1.60. The zero-order valence-electron chi connectivity index (χ0n) is 8.72. The van der Waals surface area contributed by atoms with E-state index in [0.717, 1.165) is 25.1 Å². The molecule has 80 valence electrons. The highest BCUT2D eigenvalue weighted by Gasteiger charge is 2.21. The van der Waals surface area contributed by atoms with Crippen LogP contribution in [-0.4, -0.2) is 37.0 Å². The first-order valence-corrected chi connectivity index (χ1v) is 5.30. The lowest BCUT2D eigenvalue weighted by Gasteiger charge is -2.30. The average molecular weight is 217 g/mol. The highest BCUT2D eigenvalue weighted by molar-refractivity contribution is 6.25. The molecule has 0 aromatic carbocycles. The number of amides is 1. The normalized spacial score (nSPS) is 24.2. The number of nitrogens with one attached hydrogen (secondary N) is 1. The van der Waals surface area contributed by atoms with Crippen LogP contribution in [0.3, 0.4) is 0 Å². The molecule has 0 bridgehead atoms. The molecule has 1 aliphatic heterocycles. The van der Waals surface area contributed by atoms with E-state index in [9.17, 15) is 4.79 Å². The minimum atomic E-state index is 0.243. The lowest BCUT2D eigenvalue weighted by atomic mass is 10.1. The number of likely N-dealkylation sites (tertiary alicyclic amines) is 1. The van der Waals surface area contributed by atoms with Gasteiger partial charge in [-0.2, -0.15) is 0 Å². The van der Waals surface area contributed by atoms with Crippen LogP contribution in [0.15, 0.2) is 11.1 Å². The summed E-state index contributed by atoms with van der Waals surface area (Å²) >= 11 is 5.55. The molecular weight excluding hydrogens is 200 g/mol. The van der Waals surface area contributed by atoms with Gasteiger partial charge in [0, 0.05) is 38.1 Å². The summed E-state index contributed by atoms with van der Waals surface area (Å²) in [5, 5.41) is 3.38. The van der Waals surface area contributed by atoms with Crippen molar-refractivity contribution in [2.24, 2.45) is 0 Å². The third-order valence-corrected chi connectivity index (χ3v) is 2.86. The number of halogens is 1. The summed E-state index contributed by atoms with van der Waals surface area (Å²) in [6.07, 6.45) is 1.58. The van der Waals surface area contributed by atoms with Crippen LogP contribution in [-0.2, 0) is 4.79 Å². The minimum Gasteiger partial charge on any atom is -0.344 e. The summed E-state index contributed by atoms with van der Waals surface area (Å²) in [5.41, 5.74) is 2.70. The molecule has 1 heterocycles. The molecule has 1 aliphatic rings. The van der Waals surface area contributed by atoms with E-state index in [1.807, 2.05) is 14.0 Å². The highest BCUT2D eigenvalue weighted by Crippen LogP contribution is 2.09. The Kier molecular flexibility index (Phi) is 4.42. The van der Waals surface area contributed by atoms with Gasteiger partial charge in [-0.05, 0) is 18.9 Å². The van der Waals surface area contributed by atoms with Gasteiger partial charge >= 0.3 is 0 Å². The Balaban J connectivity index is 2.30. The molecule has 4 heteroatoms. The molecule has 1 fully saturated rings. The SMILES string of the molecule is CC(=CCl)CNC1CCC(=O)N(C)C1. The summed E-state index contributed by atoms with van der Waals surface area (Å²) in [6, 6.07) is 0.407. The number of carbonyl (C=O) groups excluding carboxylic acids is 1. The van der Waals surface area contributed by atoms with Gasteiger partial charge in [-0.15, -0.1) is 0 Å². The van der Waals surface area contributed by atoms with Crippen molar-refractivity contribution in [1.29, 1.82) is 0 Å². The molecule has 0 aromatic rings. The van der Waals surface area contributed by atoms with Crippen molar-refractivity contribution >= 4 is 17.5 Å². The number of hydrogen-bond acceptors (Lipinski definition) is 2. The van der Waals surface area contributed by atoms with Crippen molar-refractivity contribution < 1.29 is 4.79 Å². The lowest BCUT2D eigenvalue weighted by molar-refractivity contribution is -0.132. The molecule has 0 saturated carbocycles. The molecule has 1 unspecified atom stereocenters. The predicted octanol–water partition coefficient (Wildman–Crippen LogP) is 1.34. The standard InChI is InChI=1S/C10H17ClN2O/c1-8(5-11)6-12-9-3-4-10(14)13(2)7-9/h5,9,12H,3-4,6-7H2,1-2H3. The van der Waals surface area contributed by atoms with Gasteiger partial charge < -0.3 is 10.2 Å². The van der Waals surface area contributed by atoms with Crippen LogP contribution in [0.5, 0.6) is 0 Å². The monoisotopic (exact) mass is 216 g/mol. The fourth-order valence-electron chi connectivity index (χ4n) is 1.52. The summed E-state index contributed by atoms with van der Waals surface area (Å²) in [5.74, 6) is 0.243. The van der Waals surface area contributed by atoms with Crippen molar-refractivity contribution in [3.63, 3.8) is 0 Å².